The van der Waals surface area contributed by atoms with Gasteiger partial charge in [-0.2, -0.15) is 0 Å². The van der Waals surface area contributed by atoms with Gasteiger partial charge in [0, 0.05) is 79.8 Å². The van der Waals surface area contributed by atoms with Crippen molar-refractivity contribution in [3.8, 4) is 21.6 Å². The zero-order valence-electron chi connectivity index (χ0n) is 46.0. The summed E-state index contributed by atoms with van der Waals surface area (Å²) < 4.78 is 56.7. The Labute approximate surface area is 467 Å². The number of likely N-dealkylation sites (tertiary alicyclic amines) is 1. The average Bonchev–Trinajstić information content (AvgIpc) is 4.32. The third kappa shape index (κ3) is 12.1. The molecule has 0 aliphatic carbocycles. The second-order valence-electron chi connectivity index (χ2n) is 22.6. The number of carbonyl (C=O) groups is 4. The number of H-pyrrole nitrogens is 1. The number of aromatic nitrogens is 4. The molecule has 22 heteroatoms. The summed E-state index contributed by atoms with van der Waals surface area (Å²) in [6.45, 7) is 9.64. The molecule has 0 saturated carbocycles. The van der Waals surface area contributed by atoms with Crippen LogP contribution >= 0.6 is 11.3 Å². The molecule has 3 aliphatic heterocycles. The van der Waals surface area contributed by atoms with Gasteiger partial charge < -0.3 is 40.4 Å². The van der Waals surface area contributed by atoms with E-state index in [1.165, 1.54) is 20.4 Å². The highest BCUT2D eigenvalue weighted by atomic mass is 32.2. The summed E-state index contributed by atoms with van der Waals surface area (Å²) in [5.41, 5.74) is 4.65. The summed E-state index contributed by atoms with van der Waals surface area (Å²) in [7, 11) is -2.09. The quantitative estimate of drug-likeness (QED) is 0.0459. The molecule has 6 aromatic rings. The summed E-state index contributed by atoms with van der Waals surface area (Å²) in [5.74, 6) is -3.68. The van der Waals surface area contributed by atoms with Crippen LogP contribution in [0.3, 0.4) is 0 Å². The standard InChI is InChI=1S/C58H68F2N10O8S2/c1-33-49(79-32-64-33)34-17-19-37(20-18-34)58(5)56(76)66-51(67-58)45-24-39(71)29-70(45)55(75)50(57(2,3)4)65-46(72)16-14-12-10-8-9-11-13-15-21-61-53(73)40-25-44-41(22-35(40)31-80(7,77)78)42-30-68(6)54(74)48-47(42)36(26-62-48)28-69(44)52-43(60)23-38(59)27-63-52/h17-20,22-23,25-27,30,32,39,45,50,62,71H,8-16,21,24,28-29,31H2,1-7H3,(H,61,73)(H,65,72)(H,66,67,76)/t39-,45?,50?,58+/m1/s1. The summed E-state index contributed by atoms with van der Waals surface area (Å²) in [6.07, 6.45) is 11.3. The van der Waals surface area contributed by atoms with Gasteiger partial charge in [-0.05, 0) is 66.5 Å². The molecule has 2 unspecified atom stereocenters. The van der Waals surface area contributed by atoms with Gasteiger partial charge in [0.15, 0.2) is 27.0 Å². The van der Waals surface area contributed by atoms with Gasteiger partial charge in [0.05, 0.1) is 52.4 Å². The minimum Gasteiger partial charge on any atom is -0.391 e. The molecular weight excluding hydrogens is 1070 g/mol. The van der Waals surface area contributed by atoms with E-state index in [0.29, 0.717) is 70.1 Å². The first-order chi connectivity index (χ1) is 37.9. The summed E-state index contributed by atoms with van der Waals surface area (Å²) >= 11 is 1.54. The molecule has 1 saturated heterocycles. The molecule has 4 aromatic heterocycles. The molecule has 1 fully saturated rings. The van der Waals surface area contributed by atoms with Gasteiger partial charge in [-0.1, -0.05) is 83.6 Å². The van der Waals surface area contributed by atoms with Crippen LogP contribution < -0.4 is 26.4 Å². The van der Waals surface area contributed by atoms with Crippen LogP contribution in [-0.2, 0) is 49.1 Å². The lowest BCUT2D eigenvalue weighted by molar-refractivity contribution is -0.139. The molecular formula is C58H68F2N10O8S2. The van der Waals surface area contributed by atoms with Crippen molar-refractivity contribution in [3.63, 3.8) is 0 Å². The van der Waals surface area contributed by atoms with Gasteiger partial charge in [-0.15, -0.1) is 11.3 Å². The number of sulfone groups is 1. The van der Waals surface area contributed by atoms with Gasteiger partial charge in [0.1, 0.15) is 23.2 Å². The van der Waals surface area contributed by atoms with E-state index in [9.17, 15) is 41.9 Å². The number of pyridine rings is 2. The number of aliphatic imine (C=N–C) groups is 1. The Bertz CT molecular complexity index is 3590. The third-order valence-electron chi connectivity index (χ3n) is 15.3. The van der Waals surface area contributed by atoms with E-state index in [-0.39, 0.29) is 66.2 Å². The normalized spacial score (nSPS) is 18.5. The van der Waals surface area contributed by atoms with E-state index < -0.39 is 62.3 Å². The predicted molar refractivity (Wildman–Crippen MR) is 304 cm³/mol. The summed E-state index contributed by atoms with van der Waals surface area (Å²) in [5, 5.41) is 20.3. The number of β-amino-alcohol motifs (C(OH)–C–C–N with tert-alkyl or cyclic N) is 1. The van der Waals surface area contributed by atoms with Crippen LogP contribution in [0.5, 0.6) is 0 Å². The average molecular weight is 1140 g/mol. The maximum atomic E-state index is 15.6. The lowest BCUT2D eigenvalue weighted by Gasteiger charge is -2.35. The van der Waals surface area contributed by atoms with Crippen molar-refractivity contribution in [1.82, 2.24) is 40.4 Å². The van der Waals surface area contributed by atoms with Gasteiger partial charge in [0.2, 0.25) is 11.8 Å². The zero-order chi connectivity index (χ0) is 57.4. The number of carbonyl (C=O) groups excluding carboxylic acids is 4. The van der Waals surface area contributed by atoms with E-state index in [1.807, 2.05) is 52.0 Å². The van der Waals surface area contributed by atoms with Crippen molar-refractivity contribution < 1.29 is 41.5 Å². The summed E-state index contributed by atoms with van der Waals surface area (Å²) in [4.78, 5) is 89.0. The van der Waals surface area contributed by atoms with E-state index in [2.05, 4.69) is 30.9 Å². The minimum absolute atomic E-state index is 0.00744. The molecule has 5 N–H and O–H groups in total. The number of hydrogen-bond acceptors (Lipinski definition) is 13. The molecule has 0 bridgehead atoms. The van der Waals surface area contributed by atoms with Crippen molar-refractivity contribution in [1.29, 1.82) is 0 Å². The number of anilines is 2. The smallest absolute Gasteiger partial charge is 0.274 e. The minimum atomic E-state index is -3.67. The number of benzene rings is 2. The number of hydrogen-bond donors (Lipinski definition) is 5. The van der Waals surface area contributed by atoms with Gasteiger partial charge in [0.25, 0.3) is 17.4 Å². The first kappa shape index (κ1) is 57.5. The van der Waals surface area contributed by atoms with Crippen molar-refractivity contribution in [2.24, 2.45) is 17.5 Å². The number of rotatable bonds is 20. The Morgan fingerprint density at radius 1 is 0.975 bits per heavy atom. The number of thiazole rings is 1. The predicted octanol–water partition coefficient (Wildman–Crippen LogP) is 8.01. The molecule has 18 nitrogen and oxygen atoms in total. The largest absolute Gasteiger partial charge is 0.391 e. The highest BCUT2D eigenvalue weighted by Gasteiger charge is 2.49. The van der Waals surface area contributed by atoms with Crippen molar-refractivity contribution in [2.75, 3.05) is 24.2 Å². The number of aliphatic hydroxyl groups excluding tert-OH is 1. The molecule has 2 aromatic carbocycles. The Kier molecular flexibility index (Phi) is 16.6. The Hall–Kier alpha value is -7.17. The second-order valence-corrected chi connectivity index (χ2v) is 25.6. The van der Waals surface area contributed by atoms with Crippen LogP contribution in [0.1, 0.15) is 125 Å². The Balaban J connectivity index is 0.753. The number of halogens is 2. The van der Waals surface area contributed by atoms with E-state index >= 15 is 4.39 Å². The van der Waals surface area contributed by atoms with Gasteiger partial charge in [-0.3, -0.25) is 24.0 Å². The molecule has 0 spiro atoms. The first-order valence-corrected chi connectivity index (χ1v) is 30.0. The second kappa shape index (κ2) is 23.1. The van der Waals surface area contributed by atoms with Crippen LogP contribution in [0.4, 0.5) is 20.3 Å². The maximum absolute atomic E-state index is 15.6. The Morgan fingerprint density at radius 2 is 1.68 bits per heavy atom. The first-order valence-electron chi connectivity index (χ1n) is 27.0. The molecule has 0 radical (unpaired) electrons. The van der Waals surface area contributed by atoms with Crippen LogP contribution in [0.2, 0.25) is 0 Å². The molecule has 3 aliphatic rings. The van der Waals surface area contributed by atoms with Crippen molar-refractivity contribution in [2.45, 2.75) is 135 Å². The van der Waals surface area contributed by atoms with Crippen LogP contribution in [0.15, 0.2) is 76.4 Å². The van der Waals surface area contributed by atoms with Crippen LogP contribution in [-0.4, -0.2) is 105 Å². The molecule has 424 valence electrons. The Morgan fingerprint density at radius 3 is 2.34 bits per heavy atom. The number of aryl methyl sites for hydroxylation is 2. The topological polar surface area (TPSA) is 241 Å². The number of aromatic amines is 1. The van der Waals surface area contributed by atoms with Crippen molar-refractivity contribution >= 4 is 73.0 Å². The van der Waals surface area contributed by atoms with Gasteiger partial charge >= 0.3 is 0 Å². The number of amidine groups is 1. The number of unbranched alkanes of at least 4 members (excludes halogenated alkanes) is 7. The highest BCUT2D eigenvalue weighted by molar-refractivity contribution is 7.89. The summed E-state index contributed by atoms with van der Waals surface area (Å²) in [6, 6.07) is 9.86. The molecule has 4 atom stereocenters. The van der Waals surface area contributed by atoms with Crippen molar-refractivity contribution in [3.05, 3.63) is 117 Å². The monoisotopic (exact) mass is 1130 g/mol. The lowest BCUT2D eigenvalue weighted by atomic mass is 9.85. The zero-order valence-corrected chi connectivity index (χ0v) is 47.7. The molecule has 80 heavy (non-hydrogen) atoms. The third-order valence-corrected chi connectivity index (χ3v) is 17.1. The van der Waals surface area contributed by atoms with E-state index in [4.69, 9.17) is 4.99 Å². The molecule has 4 amide bonds. The van der Waals surface area contributed by atoms with E-state index in [1.54, 1.807) is 49.3 Å². The number of fused-ring (bicyclic) bond motifs is 2. The number of nitrogens with one attached hydrogen (secondary N) is 4. The molecule has 7 heterocycles. The van der Waals surface area contributed by atoms with E-state index in [0.717, 1.165) is 67.1 Å². The molecule has 9 rings (SSSR count). The van der Waals surface area contributed by atoms with Crippen LogP contribution in [0.25, 0.3) is 32.5 Å². The van der Waals surface area contributed by atoms with Gasteiger partial charge in [-0.25, -0.2) is 32.2 Å². The fraction of sp³-hybridized carbons (Fsp3) is 0.448. The number of nitrogens with zero attached hydrogens (tertiary/aromatic N) is 6. The fourth-order valence-electron chi connectivity index (χ4n) is 11.1. The number of amides is 4. The highest BCUT2D eigenvalue weighted by Crippen LogP contribution is 2.45. The van der Waals surface area contributed by atoms with Crippen LogP contribution in [0, 0.1) is 24.0 Å². The fourth-order valence-corrected chi connectivity index (χ4v) is 12.7. The number of aliphatic hydroxyl groups is 1. The SMILES string of the molecule is Cc1ncsc1-c1ccc([C@]2(C)N=C(C3C[C@@H](O)CN3C(=O)C(NC(=O)CCCCCCCCCCNC(=O)c3cc4c(cc3CS(C)(=O)=O)-c3cn(C)c(=O)c5[nH]cc(c35)CN4c3ncc(F)cc3F)C(C)(C)C)NC2=O)cc1. The maximum Gasteiger partial charge on any atom is 0.274 e. The lowest BCUT2D eigenvalue weighted by Crippen LogP contribution is -2.57.